The zero-order valence-corrected chi connectivity index (χ0v) is 12.8. The topological polar surface area (TPSA) is 52.6 Å². The van der Waals surface area contributed by atoms with Crippen molar-refractivity contribution in [3.63, 3.8) is 0 Å². The van der Waals surface area contributed by atoms with E-state index in [0.717, 1.165) is 0 Å². The second kappa shape index (κ2) is 6.43. The molecule has 0 aliphatic rings. The van der Waals surface area contributed by atoms with Gasteiger partial charge in [-0.25, -0.2) is 4.79 Å². The SMILES string of the molecule is COC(=O)C(C)(C)Oc1ccc(C(=O)c2ccccc2)cc1. The van der Waals surface area contributed by atoms with Crippen LogP contribution in [0.15, 0.2) is 54.6 Å². The van der Waals surface area contributed by atoms with Crippen LogP contribution in [-0.4, -0.2) is 24.5 Å². The van der Waals surface area contributed by atoms with E-state index in [0.29, 0.717) is 16.9 Å². The first-order chi connectivity index (χ1) is 10.4. The summed E-state index contributed by atoms with van der Waals surface area (Å²) in [7, 11) is 1.31. The summed E-state index contributed by atoms with van der Waals surface area (Å²) in [6.07, 6.45) is 0. The van der Waals surface area contributed by atoms with Crippen molar-refractivity contribution < 1.29 is 19.1 Å². The zero-order chi connectivity index (χ0) is 16.2. The Labute approximate surface area is 129 Å². The summed E-state index contributed by atoms with van der Waals surface area (Å²) < 4.78 is 10.3. The summed E-state index contributed by atoms with van der Waals surface area (Å²) in [5.41, 5.74) is 0.111. The van der Waals surface area contributed by atoms with Crippen LogP contribution >= 0.6 is 0 Å². The summed E-state index contributed by atoms with van der Waals surface area (Å²) >= 11 is 0. The maximum Gasteiger partial charge on any atom is 0.349 e. The number of methoxy groups -OCH3 is 1. The minimum Gasteiger partial charge on any atom is -0.476 e. The molecule has 0 radical (unpaired) electrons. The number of ketones is 1. The summed E-state index contributed by atoms with van der Waals surface area (Å²) in [5, 5.41) is 0. The number of carbonyl (C=O) groups is 2. The Kier molecular flexibility index (Phi) is 4.61. The number of benzene rings is 2. The predicted octanol–water partition coefficient (Wildman–Crippen LogP) is 3.25. The minimum atomic E-state index is -1.08. The van der Waals surface area contributed by atoms with Crippen LogP contribution in [0, 0.1) is 0 Å². The van der Waals surface area contributed by atoms with Crippen LogP contribution in [0.3, 0.4) is 0 Å². The van der Waals surface area contributed by atoms with Crippen molar-refractivity contribution in [2.75, 3.05) is 7.11 Å². The highest BCUT2D eigenvalue weighted by atomic mass is 16.6. The average molecular weight is 298 g/mol. The normalized spacial score (nSPS) is 10.9. The molecule has 0 saturated carbocycles. The molecule has 4 nitrogen and oxygen atoms in total. The molecule has 0 N–H and O–H groups in total. The highest BCUT2D eigenvalue weighted by Crippen LogP contribution is 2.21. The van der Waals surface area contributed by atoms with E-state index in [9.17, 15) is 9.59 Å². The number of ether oxygens (including phenoxy) is 2. The molecule has 2 aromatic rings. The molecule has 0 aliphatic heterocycles. The van der Waals surface area contributed by atoms with Crippen LogP contribution < -0.4 is 4.74 Å². The van der Waals surface area contributed by atoms with Crippen LogP contribution in [0.5, 0.6) is 5.75 Å². The third-order valence-electron chi connectivity index (χ3n) is 3.20. The second-order valence-corrected chi connectivity index (χ2v) is 5.32. The Morgan fingerprint density at radius 2 is 1.41 bits per heavy atom. The highest BCUT2D eigenvalue weighted by molar-refractivity contribution is 6.08. The molecule has 0 atom stereocenters. The molecule has 0 heterocycles. The molecule has 0 bridgehead atoms. The number of hydrogen-bond acceptors (Lipinski definition) is 4. The fourth-order valence-electron chi connectivity index (χ4n) is 2.01. The lowest BCUT2D eigenvalue weighted by molar-refractivity contribution is -0.156. The summed E-state index contributed by atoms with van der Waals surface area (Å²) in [4.78, 5) is 23.9. The van der Waals surface area contributed by atoms with Crippen LogP contribution in [0.25, 0.3) is 0 Å². The minimum absolute atomic E-state index is 0.0561. The van der Waals surface area contributed by atoms with Gasteiger partial charge in [-0.05, 0) is 38.1 Å². The lowest BCUT2D eigenvalue weighted by Gasteiger charge is -2.23. The molecule has 0 aliphatic carbocycles. The number of carbonyl (C=O) groups excluding carboxylic acids is 2. The van der Waals surface area contributed by atoms with Crippen molar-refractivity contribution in [1.82, 2.24) is 0 Å². The molecule has 0 aromatic heterocycles. The largest absolute Gasteiger partial charge is 0.476 e. The molecular formula is C18H18O4. The highest BCUT2D eigenvalue weighted by Gasteiger charge is 2.31. The standard InChI is InChI=1S/C18H18O4/c1-18(2,17(20)21-3)22-15-11-9-14(10-12-15)16(19)13-7-5-4-6-8-13/h4-12H,1-3H3. The van der Waals surface area contributed by atoms with E-state index in [2.05, 4.69) is 4.74 Å². The first kappa shape index (κ1) is 15.8. The van der Waals surface area contributed by atoms with Crippen LogP contribution in [0.2, 0.25) is 0 Å². The Morgan fingerprint density at radius 3 is 1.95 bits per heavy atom. The Hall–Kier alpha value is -2.62. The van der Waals surface area contributed by atoms with E-state index in [-0.39, 0.29) is 5.78 Å². The van der Waals surface area contributed by atoms with Crippen LogP contribution in [-0.2, 0) is 9.53 Å². The lowest BCUT2D eigenvalue weighted by atomic mass is 10.0. The van der Waals surface area contributed by atoms with Gasteiger partial charge in [0.15, 0.2) is 11.4 Å². The maximum atomic E-state index is 12.3. The van der Waals surface area contributed by atoms with Gasteiger partial charge < -0.3 is 9.47 Å². The van der Waals surface area contributed by atoms with Crippen LogP contribution in [0.1, 0.15) is 29.8 Å². The van der Waals surface area contributed by atoms with Gasteiger partial charge in [-0.3, -0.25) is 4.79 Å². The zero-order valence-electron chi connectivity index (χ0n) is 12.8. The first-order valence-electron chi connectivity index (χ1n) is 6.91. The maximum absolute atomic E-state index is 12.3. The molecule has 4 heteroatoms. The lowest BCUT2D eigenvalue weighted by Crippen LogP contribution is -2.39. The monoisotopic (exact) mass is 298 g/mol. The molecule has 0 unspecified atom stereocenters. The van der Waals surface area contributed by atoms with Gasteiger partial charge in [-0.1, -0.05) is 30.3 Å². The number of rotatable bonds is 5. The molecular weight excluding hydrogens is 280 g/mol. The first-order valence-corrected chi connectivity index (χ1v) is 6.91. The van der Waals surface area contributed by atoms with Gasteiger partial charge in [0, 0.05) is 11.1 Å². The van der Waals surface area contributed by atoms with Crippen molar-refractivity contribution >= 4 is 11.8 Å². The van der Waals surface area contributed by atoms with Gasteiger partial charge >= 0.3 is 5.97 Å². The number of esters is 1. The fourth-order valence-corrected chi connectivity index (χ4v) is 2.01. The molecule has 0 amide bonds. The van der Waals surface area contributed by atoms with E-state index >= 15 is 0 Å². The second-order valence-electron chi connectivity index (χ2n) is 5.32. The van der Waals surface area contributed by atoms with Crippen molar-refractivity contribution in [2.45, 2.75) is 19.4 Å². The summed E-state index contributed by atoms with van der Waals surface area (Å²) in [6, 6.07) is 15.7. The molecule has 0 saturated heterocycles. The molecule has 2 aromatic carbocycles. The molecule has 22 heavy (non-hydrogen) atoms. The van der Waals surface area contributed by atoms with E-state index in [1.807, 2.05) is 18.2 Å². The molecule has 114 valence electrons. The Morgan fingerprint density at radius 1 is 0.864 bits per heavy atom. The van der Waals surface area contributed by atoms with Gasteiger partial charge in [0.25, 0.3) is 0 Å². The van der Waals surface area contributed by atoms with E-state index in [4.69, 9.17) is 4.74 Å². The van der Waals surface area contributed by atoms with Gasteiger partial charge in [0.1, 0.15) is 5.75 Å². The van der Waals surface area contributed by atoms with E-state index < -0.39 is 11.6 Å². The predicted molar refractivity (Wildman–Crippen MR) is 83.0 cm³/mol. The van der Waals surface area contributed by atoms with Crippen molar-refractivity contribution in [1.29, 1.82) is 0 Å². The van der Waals surface area contributed by atoms with Crippen molar-refractivity contribution in [3.05, 3.63) is 65.7 Å². The summed E-state index contributed by atoms with van der Waals surface area (Å²) in [6.45, 7) is 3.25. The van der Waals surface area contributed by atoms with E-state index in [1.165, 1.54) is 7.11 Å². The molecule has 2 rings (SSSR count). The third kappa shape index (κ3) is 3.52. The Balaban J connectivity index is 2.14. The average Bonchev–Trinajstić information content (AvgIpc) is 2.54. The van der Waals surface area contributed by atoms with Gasteiger partial charge in [-0.2, -0.15) is 0 Å². The quantitative estimate of drug-likeness (QED) is 0.628. The van der Waals surface area contributed by atoms with Gasteiger partial charge in [0.05, 0.1) is 7.11 Å². The molecule has 0 spiro atoms. The van der Waals surface area contributed by atoms with Crippen LogP contribution in [0.4, 0.5) is 0 Å². The van der Waals surface area contributed by atoms with Crippen molar-refractivity contribution in [2.24, 2.45) is 0 Å². The number of hydrogen-bond donors (Lipinski definition) is 0. The van der Waals surface area contributed by atoms with Crippen molar-refractivity contribution in [3.8, 4) is 5.75 Å². The smallest absolute Gasteiger partial charge is 0.349 e. The van der Waals surface area contributed by atoms with Gasteiger partial charge in [0.2, 0.25) is 0 Å². The third-order valence-corrected chi connectivity index (χ3v) is 3.20. The van der Waals surface area contributed by atoms with E-state index in [1.54, 1.807) is 50.2 Å². The van der Waals surface area contributed by atoms with Gasteiger partial charge in [-0.15, -0.1) is 0 Å². The summed E-state index contributed by atoms with van der Waals surface area (Å²) in [5.74, 6) is -0.0173. The molecule has 0 fully saturated rings. The Bertz CT molecular complexity index is 657. The fraction of sp³-hybridized carbons (Fsp3) is 0.222.